The van der Waals surface area contributed by atoms with E-state index in [9.17, 15) is 9.59 Å². The Balaban J connectivity index is 2.61. The van der Waals surface area contributed by atoms with E-state index in [1.165, 1.54) is 6.08 Å². The monoisotopic (exact) mass is 377 g/mol. The third-order valence-corrected chi connectivity index (χ3v) is 4.22. The van der Waals surface area contributed by atoms with E-state index in [4.69, 9.17) is 14.2 Å². The molecule has 0 fully saturated rings. The minimum absolute atomic E-state index is 0.00942. The number of hydrogen-bond donors (Lipinski definition) is 0. The summed E-state index contributed by atoms with van der Waals surface area (Å²) in [5, 5.41) is 0. The van der Waals surface area contributed by atoms with Crippen LogP contribution in [0.2, 0.25) is 0 Å². The van der Waals surface area contributed by atoms with Crippen molar-refractivity contribution < 1.29 is 23.8 Å². The molecule has 6 nitrogen and oxygen atoms in total. The van der Waals surface area contributed by atoms with Crippen molar-refractivity contribution in [2.45, 2.75) is 33.3 Å². The van der Waals surface area contributed by atoms with Crippen LogP contribution in [-0.2, 0) is 19.1 Å². The van der Waals surface area contributed by atoms with Crippen molar-refractivity contribution in [1.29, 1.82) is 0 Å². The van der Waals surface area contributed by atoms with Gasteiger partial charge in [0.05, 0.1) is 12.5 Å². The largest absolute Gasteiger partial charge is 0.497 e. The van der Waals surface area contributed by atoms with Gasteiger partial charge in [0.2, 0.25) is 0 Å². The van der Waals surface area contributed by atoms with Gasteiger partial charge >= 0.3 is 11.9 Å². The molecule has 0 saturated heterocycles. The predicted octanol–water partition coefficient (Wildman–Crippen LogP) is 3.16. The number of hydrogen-bond acceptors (Lipinski definition) is 6. The smallest absolute Gasteiger partial charge is 0.330 e. The highest BCUT2D eigenvalue weighted by Gasteiger charge is 2.30. The summed E-state index contributed by atoms with van der Waals surface area (Å²) >= 11 is 0. The number of benzene rings is 1. The Kier molecular flexibility index (Phi) is 9.02. The summed E-state index contributed by atoms with van der Waals surface area (Å²) in [5.41, 5.74) is 0.289. The zero-order chi connectivity index (χ0) is 20.4. The molecule has 0 aliphatic carbocycles. The van der Waals surface area contributed by atoms with Gasteiger partial charge in [0.15, 0.2) is 0 Å². The summed E-state index contributed by atoms with van der Waals surface area (Å²) in [7, 11) is 5.34. The van der Waals surface area contributed by atoms with Gasteiger partial charge in [0, 0.05) is 12.6 Å². The minimum Gasteiger partial charge on any atom is -0.497 e. The molecule has 0 amide bonds. The van der Waals surface area contributed by atoms with Crippen LogP contribution in [0.5, 0.6) is 5.75 Å². The fourth-order valence-corrected chi connectivity index (χ4v) is 2.09. The van der Waals surface area contributed by atoms with E-state index in [-0.39, 0.29) is 12.6 Å². The van der Waals surface area contributed by atoms with E-state index in [2.05, 4.69) is 0 Å². The molecule has 0 radical (unpaired) electrons. The number of carbonyl (C=O) groups is 2. The Morgan fingerprint density at radius 1 is 1.19 bits per heavy atom. The quantitative estimate of drug-likeness (QED) is 0.461. The summed E-state index contributed by atoms with van der Waals surface area (Å²) in [6.07, 6.45) is 3.17. The Bertz CT molecular complexity index is 634. The van der Waals surface area contributed by atoms with Crippen molar-refractivity contribution in [3.8, 4) is 5.75 Å². The second kappa shape index (κ2) is 10.7. The maximum Gasteiger partial charge on any atom is 0.330 e. The lowest BCUT2D eigenvalue weighted by Gasteiger charge is -2.26. The molecule has 1 atom stereocenters. The van der Waals surface area contributed by atoms with E-state index in [1.807, 2.05) is 64.0 Å². The first kappa shape index (κ1) is 22.7. The Morgan fingerprint density at radius 2 is 1.81 bits per heavy atom. The number of methoxy groups -OCH3 is 1. The normalized spacial score (nSPS) is 12.9. The van der Waals surface area contributed by atoms with Crippen LogP contribution in [0.4, 0.5) is 0 Å². The van der Waals surface area contributed by atoms with E-state index in [0.717, 1.165) is 11.3 Å². The summed E-state index contributed by atoms with van der Waals surface area (Å²) < 4.78 is 15.9. The Hall–Kier alpha value is -2.34. The molecular weight excluding hydrogens is 346 g/mol. The van der Waals surface area contributed by atoms with Gasteiger partial charge in [-0.1, -0.05) is 19.1 Å². The van der Waals surface area contributed by atoms with Crippen LogP contribution in [0.25, 0.3) is 6.08 Å². The number of carbonyl (C=O) groups excluding carboxylic acids is 2. The van der Waals surface area contributed by atoms with Crippen molar-refractivity contribution in [2.75, 3.05) is 34.4 Å². The van der Waals surface area contributed by atoms with Crippen molar-refractivity contribution in [1.82, 2.24) is 4.90 Å². The van der Waals surface area contributed by atoms with Crippen LogP contribution in [0.3, 0.4) is 0 Å². The third kappa shape index (κ3) is 8.26. The van der Waals surface area contributed by atoms with Gasteiger partial charge in [-0.25, -0.2) is 4.79 Å². The zero-order valence-electron chi connectivity index (χ0n) is 17.2. The van der Waals surface area contributed by atoms with E-state index in [1.54, 1.807) is 13.2 Å². The van der Waals surface area contributed by atoms with E-state index >= 15 is 0 Å². The highest BCUT2D eigenvalue weighted by atomic mass is 16.6. The fraction of sp³-hybridized carbons (Fsp3) is 0.524. The Labute approximate surface area is 162 Å². The van der Waals surface area contributed by atoms with Gasteiger partial charge in [-0.3, -0.25) is 4.79 Å². The first-order valence-corrected chi connectivity index (χ1v) is 9.02. The summed E-state index contributed by atoms with van der Waals surface area (Å²) in [5.74, 6) is -0.0277. The average molecular weight is 377 g/mol. The van der Waals surface area contributed by atoms with Crippen molar-refractivity contribution in [3.63, 3.8) is 0 Å². The maximum atomic E-state index is 12.3. The second-order valence-electron chi connectivity index (χ2n) is 7.26. The first-order chi connectivity index (χ1) is 12.7. The second-order valence-corrected chi connectivity index (χ2v) is 7.26. The molecule has 0 N–H and O–H groups in total. The highest BCUT2D eigenvalue weighted by Crippen LogP contribution is 2.22. The lowest BCUT2D eigenvalue weighted by Crippen LogP contribution is -2.38. The molecule has 0 saturated carbocycles. The number of rotatable bonds is 10. The minimum atomic E-state index is -0.567. The predicted molar refractivity (Wildman–Crippen MR) is 105 cm³/mol. The summed E-state index contributed by atoms with van der Waals surface area (Å²) in [6.45, 7) is 6.10. The number of esters is 2. The highest BCUT2D eigenvalue weighted by molar-refractivity contribution is 5.87. The van der Waals surface area contributed by atoms with Crippen LogP contribution < -0.4 is 4.74 Å². The van der Waals surface area contributed by atoms with Gasteiger partial charge < -0.3 is 19.1 Å². The molecule has 0 spiro atoms. The summed E-state index contributed by atoms with van der Waals surface area (Å²) in [6, 6.07) is 7.30. The molecule has 0 bridgehead atoms. The molecule has 150 valence electrons. The molecule has 1 unspecified atom stereocenters. The van der Waals surface area contributed by atoms with Crippen LogP contribution in [0.15, 0.2) is 30.3 Å². The molecule has 0 aliphatic rings. The summed E-state index contributed by atoms with van der Waals surface area (Å²) in [4.78, 5) is 26.2. The Morgan fingerprint density at radius 3 is 2.33 bits per heavy atom. The molecule has 0 aromatic heterocycles. The van der Waals surface area contributed by atoms with Gasteiger partial charge in [-0.2, -0.15) is 0 Å². The number of nitrogens with zero attached hydrogens (tertiary/aromatic N) is 1. The molecule has 27 heavy (non-hydrogen) atoms. The average Bonchev–Trinajstić information content (AvgIpc) is 2.64. The van der Waals surface area contributed by atoms with Crippen LogP contribution >= 0.6 is 0 Å². The molecule has 1 rings (SSSR count). The van der Waals surface area contributed by atoms with E-state index < -0.39 is 17.5 Å². The number of ether oxygens (including phenoxy) is 3. The van der Waals surface area contributed by atoms with Crippen molar-refractivity contribution in [3.05, 3.63) is 35.9 Å². The van der Waals surface area contributed by atoms with E-state index in [0.29, 0.717) is 13.0 Å². The molecule has 0 heterocycles. The lowest BCUT2D eigenvalue weighted by atomic mass is 9.90. The SMILES string of the molecule is CCC(C)(C)C(=O)OC(COC(=O)/C=C/c1ccc(OC)cc1)CN(C)C. The fourth-order valence-electron chi connectivity index (χ4n) is 2.09. The standard InChI is InChI=1S/C21H31NO5/c1-7-21(2,3)20(24)27-18(14-22(4)5)15-26-19(23)13-10-16-8-11-17(25-6)12-9-16/h8-13,18H,7,14-15H2,1-6H3/b13-10+. The molecule has 1 aromatic rings. The lowest BCUT2D eigenvalue weighted by molar-refractivity contribution is -0.166. The van der Waals surface area contributed by atoms with Crippen LogP contribution in [0, 0.1) is 5.41 Å². The molecule has 1 aromatic carbocycles. The first-order valence-electron chi connectivity index (χ1n) is 9.02. The molecule has 6 heteroatoms. The molecule has 0 aliphatic heterocycles. The van der Waals surface area contributed by atoms with Crippen molar-refractivity contribution >= 4 is 18.0 Å². The van der Waals surface area contributed by atoms with Gasteiger partial charge in [-0.05, 0) is 58.1 Å². The topological polar surface area (TPSA) is 65.1 Å². The number of likely N-dealkylation sites (N-methyl/N-ethyl adjacent to an activating group) is 1. The zero-order valence-corrected chi connectivity index (χ0v) is 17.2. The van der Waals surface area contributed by atoms with Gasteiger partial charge in [0.25, 0.3) is 0 Å². The third-order valence-electron chi connectivity index (χ3n) is 4.22. The van der Waals surface area contributed by atoms with Crippen LogP contribution in [-0.4, -0.2) is 57.3 Å². The van der Waals surface area contributed by atoms with Crippen LogP contribution in [0.1, 0.15) is 32.8 Å². The van der Waals surface area contributed by atoms with Crippen molar-refractivity contribution in [2.24, 2.45) is 5.41 Å². The molecular formula is C21H31NO5. The van der Waals surface area contributed by atoms with Gasteiger partial charge in [-0.15, -0.1) is 0 Å². The van der Waals surface area contributed by atoms with Gasteiger partial charge in [0.1, 0.15) is 18.5 Å². The maximum absolute atomic E-state index is 12.3.